The highest BCUT2D eigenvalue weighted by Crippen LogP contribution is 2.36. The van der Waals surface area contributed by atoms with Crippen LogP contribution in [0.15, 0.2) is 77.7 Å². The maximum Gasteiger partial charge on any atom is 0.293 e. The molecule has 3 aromatic carbocycles. The lowest BCUT2D eigenvalue weighted by Crippen LogP contribution is -2.33. The Hall–Kier alpha value is -5.01. The number of rotatable bonds is 7. The number of ketones is 1. The fourth-order valence-electron chi connectivity index (χ4n) is 4.55. The van der Waals surface area contributed by atoms with Crippen LogP contribution in [0.5, 0.6) is 0 Å². The van der Waals surface area contributed by atoms with Crippen LogP contribution in [-0.4, -0.2) is 37.9 Å². The Morgan fingerprint density at radius 1 is 1.05 bits per heavy atom. The molecule has 192 valence electrons. The number of aromatic nitrogens is 1. The first-order valence-corrected chi connectivity index (χ1v) is 12.7. The Balaban J connectivity index is 1.45. The summed E-state index contributed by atoms with van der Waals surface area (Å²) in [6, 6.07) is 22.3. The van der Waals surface area contributed by atoms with E-state index in [9.17, 15) is 29.8 Å². The fraction of sp³-hybridized carbons (Fsp3) is 0.103. The predicted octanol–water partition coefficient (Wildman–Crippen LogP) is 5.70. The minimum absolute atomic E-state index is 0.161. The number of carbonyl (C=O) groups excluding carboxylic acids is 3. The van der Waals surface area contributed by atoms with Gasteiger partial charge in [-0.05, 0) is 54.6 Å². The number of non-ortho nitro benzene ring substituents is 1. The summed E-state index contributed by atoms with van der Waals surface area (Å²) in [6.07, 6.45) is 1.67. The third-order valence-electron chi connectivity index (χ3n) is 6.60. The van der Waals surface area contributed by atoms with Gasteiger partial charge in [0.15, 0.2) is 5.78 Å². The highest BCUT2D eigenvalue weighted by atomic mass is 32.2. The smallest absolute Gasteiger partial charge is 0.293 e. The van der Waals surface area contributed by atoms with Crippen molar-refractivity contribution in [1.29, 1.82) is 5.26 Å². The molecule has 39 heavy (non-hydrogen) atoms. The molecule has 1 aliphatic heterocycles. The second-order valence-electron chi connectivity index (χ2n) is 8.87. The summed E-state index contributed by atoms with van der Waals surface area (Å²) in [5, 5.41) is 20.7. The topological polar surface area (TPSA) is 126 Å². The molecule has 1 aromatic heterocycles. The first-order valence-electron chi connectivity index (χ1n) is 11.9. The molecule has 2 heterocycles. The number of para-hydroxylation sites is 1. The third kappa shape index (κ3) is 4.83. The number of nitro benzene ring substituents is 1. The van der Waals surface area contributed by atoms with Crippen molar-refractivity contribution in [2.45, 2.75) is 13.5 Å². The predicted molar refractivity (Wildman–Crippen MR) is 147 cm³/mol. The molecule has 1 aliphatic rings. The number of carbonyl (C=O) groups is 3. The van der Waals surface area contributed by atoms with E-state index in [4.69, 9.17) is 0 Å². The Bertz CT molecular complexity index is 1750. The molecule has 1 fully saturated rings. The SMILES string of the molecule is Cc1c(/C=C2\SC(=O)N(CC(=O)c3ccc([N+](=O)[O-])cc3)C2=O)c2ccccc2n1Cc1ccccc1C#N. The molecule has 1 saturated heterocycles. The van der Waals surface area contributed by atoms with Crippen LogP contribution < -0.4 is 0 Å². The normalized spacial score (nSPS) is 14.3. The minimum Gasteiger partial charge on any atom is -0.340 e. The van der Waals surface area contributed by atoms with E-state index in [1.165, 1.54) is 24.3 Å². The van der Waals surface area contributed by atoms with E-state index >= 15 is 0 Å². The van der Waals surface area contributed by atoms with Gasteiger partial charge >= 0.3 is 0 Å². The highest BCUT2D eigenvalue weighted by molar-refractivity contribution is 8.18. The number of Topliss-reactive ketones (excluding diaryl/α,β-unsaturated/α-hetero) is 1. The number of nitro groups is 1. The van der Waals surface area contributed by atoms with Crippen molar-refractivity contribution >= 4 is 51.4 Å². The monoisotopic (exact) mass is 536 g/mol. The molecule has 10 heteroatoms. The summed E-state index contributed by atoms with van der Waals surface area (Å²) in [7, 11) is 0. The molecule has 0 radical (unpaired) electrons. The number of imide groups is 1. The zero-order chi connectivity index (χ0) is 27.7. The molecule has 2 amide bonds. The van der Waals surface area contributed by atoms with Crippen molar-refractivity contribution in [2.24, 2.45) is 0 Å². The number of nitriles is 1. The molecule has 0 aliphatic carbocycles. The number of thioether (sulfide) groups is 1. The van der Waals surface area contributed by atoms with E-state index in [0.717, 1.165) is 44.4 Å². The fourth-order valence-corrected chi connectivity index (χ4v) is 5.37. The van der Waals surface area contributed by atoms with Crippen LogP contribution in [0.2, 0.25) is 0 Å². The molecular formula is C29H20N4O5S. The highest BCUT2D eigenvalue weighted by Gasteiger charge is 2.37. The van der Waals surface area contributed by atoms with Crippen molar-refractivity contribution in [2.75, 3.05) is 6.54 Å². The van der Waals surface area contributed by atoms with Crippen molar-refractivity contribution in [3.8, 4) is 6.07 Å². The van der Waals surface area contributed by atoms with Gasteiger partial charge in [-0.15, -0.1) is 0 Å². The van der Waals surface area contributed by atoms with Crippen LogP contribution in [0.3, 0.4) is 0 Å². The van der Waals surface area contributed by atoms with E-state index in [0.29, 0.717) is 12.1 Å². The van der Waals surface area contributed by atoms with Gasteiger partial charge < -0.3 is 4.57 Å². The average molecular weight is 537 g/mol. The quantitative estimate of drug-likeness (QED) is 0.128. The molecular weight excluding hydrogens is 516 g/mol. The van der Waals surface area contributed by atoms with Crippen LogP contribution >= 0.6 is 11.8 Å². The average Bonchev–Trinajstić information content (AvgIpc) is 3.36. The van der Waals surface area contributed by atoms with Crippen molar-refractivity contribution in [3.63, 3.8) is 0 Å². The zero-order valence-electron chi connectivity index (χ0n) is 20.7. The summed E-state index contributed by atoms with van der Waals surface area (Å²) in [6.45, 7) is 1.91. The summed E-state index contributed by atoms with van der Waals surface area (Å²) < 4.78 is 2.07. The third-order valence-corrected chi connectivity index (χ3v) is 7.50. The van der Waals surface area contributed by atoms with Crippen LogP contribution in [0, 0.1) is 28.4 Å². The van der Waals surface area contributed by atoms with Gasteiger partial charge in [0.25, 0.3) is 16.8 Å². The lowest BCUT2D eigenvalue weighted by molar-refractivity contribution is -0.384. The Morgan fingerprint density at radius 3 is 2.46 bits per heavy atom. The van der Waals surface area contributed by atoms with Gasteiger partial charge in [0, 0.05) is 46.4 Å². The lowest BCUT2D eigenvalue weighted by Gasteiger charge is -2.11. The maximum atomic E-state index is 13.2. The zero-order valence-corrected chi connectivity index (χ0v) is 21.5. The summed E-state index contributed by atoms with van der Waals surface area (Å²) in [5.74, 6) is -1.08. The van der Waals surface area contributed by atoms with Gasteiger partial charge in [0.05, 0.1) is 28.0 Å². The molecule has 0 saturated carbocycles. The first-order chi connectivity index (χ1) is 18.8. The molecule has 4 aromatic rings. The molecule has 0 atom stereocenters. The van der Waals surface area contributed by atoms with E-state index in [1.54, 1.807) is 12.1 Å². The largest absolute Gasteiger partial charge is 0.340 e. The van der Waals surface area contributed by atoms with Gasteiger partial charge in [-0.25, -0.2) is 0 Å². The van der Waals surface area contributed by atoms with Gasteiger partial charge in [0.1, 0.15) is 0 Å². The molecule has 0 bridgehead atoms. The Morgan fingerprint density at radius 2 is 1.74 bits per heavy atom. The Labute approximate surface area is 227 Å². The van der Waals surface area contributed by atoms with Crippen molar-refractivity contribution < 1.29 is 19.3 Å². The minimum atomic E-state index is -0.577. The first kappa shape index (κ1) is 25.6. The summed E-state index contributed by atoms with van der Waals surface area (Å²) >= 11 is 0.761. The standard InChI is InChI=1S/C29H20N4O5S/c1-18-24(23-8-4-5-9-25(23)31(18)16-21-7-3-2-6-20(21)15-30)14-27-28(35)32(29(36)39-27)17-26(34)19-10-12-22(13-11-19)33(37)38/h2-14H,16-17H2,1H3/b27-14-. The molecule has 0 spiro atoms. The number of fused-ring (bicyclic) bond motifs is 1. The van der Waals surface area contributed by atoms with Gasteiger partial charge in [0.2, 0.25) is 0 Å². The number of hydrogen-bond donors (Lipinski definition) is 0. The van der Waals surface area contributed by atoms with Gasteiger partial charge in [-0.3, -0.25) is 29.4 Å². The maximum absolute atomic E-state index is 13.2. The van der Waals surface area contributed by atoms with Gasteiger partial charge in [-0.1, -0.05) is 36.4 Å². The number of hydrogen-bond acceptors (Lipinski definition) is 7. The molecule has 0 N–H and O–H groups in total. The van der Waals surface area contributed by atoms with E-state index < -0.39 is 28.4 Å². The second kappa shape index (κ2) is 10.4. The summed E-state index contributed by atoms with van der Waals surface area (Å²) in [4.78, 5) is 50.0. The molecule has 9 nitrogen and oxygen atoms in total. The second-order valence-corrected chi connectivity index (χ2v) is 9.86. The van der Waals surface area contributed by atoms with Gasteiger partial charge in [-0.2, -0.15) is 5.26 Å². The molecule has 0 unspecified atom stereocenters. The van der Waals surface area contributed by atoms with Crippen molar-refractivity contribution in [1.82, 2.24) is 9.47 Å². The number of benzene rings is 3. The van der Waals surface area contributed by atoms with E-state index in [2.05, 4.69) is 10.6 Å². The van der Waals surface area contributed by atoms with Crippen LogP contribution in [0.4, 0.5) is 10.5 Å². The number of nitrogens with zero attached hydrogens (tertiary/aromatic N) is 4. The summed E-state index contributed by atoms with van der Waals surface area (Å²) in [5.41, 5.74) is 3.99. The van der Waals surface area contributed by atoms with E-state index in [1.807, 2.05) is 49.4 Å². The molecule has 5 rings (SSSR count). The lowest BCUT2D eigenvalue weighted by atomic mass is 10.1. The Kier molecular flexibility index (Phi) is 6.83. The van der Waals surface area contributed by atoms with Crippen LogP contribution in [0.25, 0.3) is 17.0 Å². The van der Waals surface area contributed by atoms with Crippen LogP contribution in [-0.2, 0) is 11.3 Å². The van der Waals surface area contributed by atoms with E-state index in [-0.39, 0.29) is 16.2 Å². The van der Waals surface area contributed by atoms with Crippen LogP contribution in [0.1, 0.15) is 32.7 Å². The van der Waals surface area contributed by atoms with Crippen molar-refractivity contribution in [3.05, 3.63) is 116 Å². The number of amides is 2.